The summed E-state index contributed by atoms with van der Waals surface area (Å²) in [6.07, 6.45) is 1.99. The monoisotopic (exact) mass is 449 g/mol. The van der Waals surface area contributed by atoms with E-state index in [0.29, 0.717) is 12.6 Å². The summed E-state index contributed by atoms with van der Waals surface area (Å²) >= 11 is 1.99. The number of nitrogens with one attached hydrogen (secondary N) is 1. The summed E-state index contributed by atoms with van der Waals surface area (Å²) in [5, 5.41) is 3.33. The van der Waals surface area contributed by atoms with Crippen LogP contribution in [0.3, 0.4) is 0 Å². The number of ether oxygens (including phenoxy) is 1. The van der Waals surface area contributed by atoms with Gasteiger partial charge in [0.1, 0.15) is 5.75 Å². The minimum atomic E-state index is 0. The number of para-hydroxylation sites is 1. The van der Waals surface area contributed by atoms with Gasteiger partial charge in [0.15, 0.2) is 5.96 Å². The lowest BCUT2D eigenvalue weighted by Crippen LogP contribution is -2.37. The highest BCUT2D eigenvalue weighted by Crippen LogP contribution is 2.31. The van der Waals surface area contributed by atoms with Gasteiger partial charge in [0.25, 0.3) is 0 Å². The molecule has 0 fully saturated rings. The zero-order chi connectivity index (χ0) is 15.8. The van der Waals surface area contributed by atoms with Gasteiger partial charge in [-0.3, -0.25) is 4.99 Å². The van der Waals surface area contributed by atoms with Gasteiger partial charge in [0.2, 0.25) is 0 Å². The molecular weight excluding hydrogens is 421 g/mol. The number of guanidine groups is 1. The number of halogens is 1. The highest BCUT2D eigenvalue weighted by molar-refractivity contribution is 14.0. The van der Waals surface area contributed by atoms with Gasteiger partial charge >= 0.3 is 0 Å². The lowest BCUT2D eigenvalue weighted by atomic mass is 10.0. The first kappa shape index (κ1) is 20.4. The highest BCUT2D eigenvalue weighted by atomic mass is 127. The van der Waals surface area contributed by atoms with E-state index in [1.54, 1.807) is 0 Å². The smallest absolute Gasteiger partial charge is 0.189 e. The lowest BCUT2D eigenvalue weighted by molar-refractivity contribution is 0.262. The maximum atomic E-state index is 6.02. The second-order valence-corrected chi connectivity index (χ2v) is 7.11. The normalized spacial score (nSPS) is 17.2. The summed E-state index contributed by atoms with van der Waals surface area (Å²) < 4.78 is 5.66. The fraction of sp³-hybridized carbons (Fsp3) is 0.588. The second kappa shape index (κ2) is 11.0. The number of nitrogens with two attached hydrogens (primary N) is 1. The highest BCUT2D eigenvalue weighted by Gasteiger charge is 2.20. The second-order valence-electron chi connectivity index (χ2n) is 5.96. The fourth-order valence-corrected chi connectivity index (χ4v) is 3.37. The first-order valence-electron chi connectivity index (χ1n) is 8.02. The maximum absolute atomic E-state index is 6.02. The van der Waals surface area contributed by atoms with Crippen molar-refractivity contribution in [1.29, 1.82) is 0 Å². The summed E-state index contributed by atoms with van der Waals surface area (Å²) in [6, 6.07) is 8.31. The molecule has 0 spiro atoms. The molecule has 1 aromatic rings. The Hall–Kier alpha value is -0.630. The molecule has 1 aromatic carbocycles. The molecule has 23 heavy (non-hydrogen) atoms. The van der Waals surface area contributed by atoms with Crippen LogP contribution in [-0.4, -0.2) is 30.6 Å². The van der Waals surface area contributed by atoms with Crippen molar-refractivity contribution < 1.29 is 4.74 Å². The number of fused-ring (bicyclic) bond motifs is 1. The van der Waals surface area contributed by atoms with E-state index in [0.717, 1.165) is 36.8 Å². The van der Waals surface area contributed by atoms with Crippen LogP contribution in [0.2, 0.25) is 0 Å². The van der Waals surface area contributed by atoms with Crippen molar-refractivity contribution in [3.05, 3.63) is 29.8 Å². The molecule has 2 rings (SSSR count). The summed E-state index contributed by atoms with van der Waals surface area (Å²) in [7, 11) is 0. The van der Waals surface area contributed by atoms with Gasteiger partial charge in [0, 0.05) is 18.5 Å². The molecule has 1 unspecified atom stereocenters. The van der Waals surface area contributed by atoms with E-state index in [4.69, 9.17) is 10.5 Å². The van der Waals surface area contributed by atoms with Gasteiger partial charge in [-0.1, -0.05) is 32.0 Å². The zero-order valence-electron chi connectivity index (χ0n) is 14.0. The van der Waals surface area contributed by atoms with Gasteiger partial charge in [-0.15, -0.1) is 24.0 Å². The predicted molar refractivity (Wildman–Crippen MR) is 111 cm³/mol. The molecule has 0 saturated carbocycles. The van der Waals surface area contributed by atoms with E-state index in [-0.39, 0.29) is 30.0 Å². The van der Waals surface area contributed by atoms with Crippen molar-refractivity contribution in [1.82, 2.24) is 5.32 Å². The molecule has 0 aromatic heterocycles. The molecule has 1 heterocycles. The third-order valence-electron chi connectivity index (χ3n) is 3.46. The Kier molecular flexibility index (Phi) is 9.78. The van der Waals surface area contributed by atoms with Crippen LogP contribution in [0.5, 0.6) is 5.75 Å². The van der Waals surface area contributed by atoms with Crippen molar-refractivity contribution in [2.75, 3.05) is 24.7 Å². The number of hydrogen-bond donors (Lipinski definition) is 2. The van der Waals surface area contributed by atoms with Crippen LogP contribution < -0.4 is 15.8 Å². The number of rotatable bonds is 7. The minimum Gasteiger partial charge on any atom is -0.493 e. The van der Waals surface area contributed by atoms with Crippen molar-refractivity contribution >= 4 is 41.7 Å². The van der Waals surface area contributed by atoms with Crippen molar-refractivity contribution in [2.24, 2.45) is 16.6 Å². The third-order valence-corrected chi connectivity index (χ3v) is 4.94. The van der Waals surface area contributed by atoms with Crippen LogP contribution >= 0.6 is 35.7 Å². The molecule has 0 saturated heterocycles. The average Bonchev–Trinajstić information content (AvgIpc) is 2.51. The molecule has 130 valence electrons. The summed E-state index contributed by atoms with van der Waals surface area (Å²) in [5.41, 5.74) is 7.18. The first-order chi connectivity index (χ1) is 10.7. The van der Waals surface area contributed by atoms with Gasteiger partial charge in [-0.2, -0.15) is 11.8 Å². The van der Waals surface area contributed by atoms with Crippen LogP contribution in [0.15, 0.2) is 29.3 Å². The molecule has 1 aliphatic rings. The largest absolute Gasteiger partial charge is 0.493 e. The Morgan fingerprint density at radius 1 is 1.43 bits per heavy atom. The molecular formula is C17H28IN3OS. The molecule has 1 aliphatic heterocycles. The van der Waals surface area contributed by atoms with Crippen molar-refractivity contribution in [2.45, 2.75) is 32.7 Å². The zero-order valence-corrected chi connectivity index (χ0v) is 17.1. The SMILES string of the molecule is CC(C)CSCCCN=C(N)NC1CCOc2ccccc21.I. The van der Waals surface area contributed by atoms with E-state index < -0.39 is 0 Å². The molecule has 0 amide bonds. The summed E-state index contributed by atoms with van der Waals surface area (Å²) in [6.45, 7) is 6.00. The summed E-state index contributed by atoms with van der Waals surface area (Å²) in [5.74, 6) is 4.61. The minimum absolute atomic E-state index is 0. The van der Waals surface area contributed by atoms with Gasteiger partial charge in [0.05, 0.1) is 12.6 Å². The lowest BCUT2D eigenvalue weighted by Gasteiger charge is -2.26. The molecule has 3 N–H and O–H groups in total. The maximum Gasteiger partial charge on any atom is 0.189 e. The molecule has 4 nitrogen and oxygen atoms in total. The van der Waals surface area contributed by atoms with Crippen LogP contribution in [0.4, 0.5) is 0 Å². The number of hydrogen-bond acceptors (Lipinski definition) is 3. The number of thioether (sulfide) groups is 1. The van der Waals surface area contributed by atoms with Gasteiger partial charge in [-0.25, -0.2) is 0 Å². The Labute approximate surface area is 161 Å². The Balaban J connectivity index is 0.00000264. The van der Waals surface area contributed by atoms with Crippen LogP contribution in [0, 0.1) is 5.92 Å². The van der Waals surface area contributed by atoms with E-state index in [9.17, 15) is 0 Å². The standard InChI is InChI=1S/C17H27N3OS.HI/c1-13(2)12-22-11-5-9-19-17(18)20-15-8-10-21-16-7-4-3-6-14(15)16;/h3-4,6-7,13,15H,5,8-12H2,1-2H3,(H3,18,19,20);1H. The van der Waals surface area contributed by atoms with Crippen LogP contribution in [-0.2, 0) is 0 Å². The fourth-order valence-electron chi connectivity index (χ4n) is 2.40. The van der Waals surface area contributed by atoms with Crippen LogP contribution in [0.1, 0.15) is 38.3 Å². The summed E-state index contributed by atoms with van der Waals surface area (Å²) in [4.78, 5) is 4.44. The molecule has 0 bridgehead atoms. The average molecular weight is 449 g/mol. The number of benzene rings is 1. The van der Waals surface area contributed by atoms with Gasteiger partial charge < -0.3 is 15.8 Å². The molecule has 1 atom stereocenters. The van der Waals surface area contributed by atoms with E-state index in [1.807, 2.05) is 30.0 Å². The molecule has 6 heteroatoms. The topological polar surface area (TPSA) is 59.6 Å². The number of aliphatic imine (C=N–C) groups is 1. The van der Waals surface area contributed by atoms with Crippen molar-refractivity contribution in [3.8, 4) is 5.75 Å². The Morgan fingerprint density at radius 2 is 2.22 bits per heavy atom. The van der Waals surface area contributed by atoms with E-state index in [2.05, 4.69) is 30.2 Å². The molecule has 0 radical (unpaired) electrons. The van der Waals surface area contributed by atoms with Crippen molar-refractivity contribution in [3.63, 3.8) is 0 Å². The third kappa shape index (κ3) is 7.20. The number of nitrogens with zero attached hydrogens (tertiary/aromatic N) is 1. The van der Waals surface area contributed by atoms with Gasteiger partial charge in [-0.05, 0) is 29.9 Å². The van der Waals surface area contributed by atoms with E-state index in [1.165, 1.54) is 11.3 Å². The predicted octanol–water partition coefficient (Wildman–Crippen LogP) is 3.81. The van der Waals surface area contributed by atoms with E-state index >= 15 is 0 Å². The Bertz CT molecular complexity index is 496. The quantitative estimate of drug-likeness (QED) is 0.288. The Morgan fingerprint density at radius 3 is 3.00 bits per heavy atom. The van der Waals surface area contributed by atoms with Crippen LogP contribution in [0.25, 0.3) is 0 Å². The first-order valence-corrected chi connectivity index (χ1v) is 9.18. The molecule has 0 aliphatic carbocycles.